The summed E-state index contributed by atoms with van der Waals surface area (Å²) in [7, 11) is 3.31. The minimum atomic E-state index is -1.69. The molecule has 0 unspecified atom stereocenters. The van der Waals surface area contributed by atoms with E-state index in [1.165, 1.54) is 0 Å². The second-order valence-corrected chi connectivity index (χ2v) is 6.84. The lowest BCUT2D eigenvalue weighted by molar-refractivity contribution is -0.394. The molecule has 0 aromatic heterocycles. The highest BCUT2D eigenvalue weighted by atomic mass is 16.6. The van der Waals surface area contributed by atoms with Crippen molar-refractivity contribution >= 4 is 23.0 Å². The maximum atomic E-state index is 11.4. The number of nitro benzene ring substituents is 2. The lowest BCUT2D eigenvalue weighted by atomic mass is 10.1. The Kier molecular flexibility index (Phi) is 7.63. The normalized spacial score (nSPS) is 11.3. The predicted molar refractivity (Wildman–Crippen MR) is 96.0 cm³/mol. The first kappa shape index (κ1) is 21.5. The van der Waals surface area contributed by atoms with E-state index in [1.54, 1.807) is 14.1 Å². The summed E-state index contributed by atoms with van der Waals surface area (Å²) in [5.74, 6) is -1.69. The van der Waals surface area contributed by atoms with E-state index in [0.29, 0.717) is 6.54 Å². The Balaban J connectivity index is 3.20. The number of quaternary nitrogens is 1. The quantitative estimate of drug-likeness (QED) is 0.256. The molecule has 0 saturated heterocycles. The fraction of sp³-hybridized carbons (Fsp3) is 0.588. The number of benzene rings is 1. The zero-order valence-corrected chi connectivity index (χ0v) is 15.4. The van der Waals surface area contributed by atoms with Crippen molar-refractivity contribution in [3.8, 4) is 0 Å². The Labute approximate surface area is 152 Å². The largest absolute Gasteiger partial charge is 0.545 e. The van der Waals surface area contributed by atoms with Crippen LogP contribution in [-0.4, -0.2) is 36.5 Å². The van der Waals surface area contributed by atoms with Gasteiger partial charge in [-0.25, -0.2) is 0 Å². The Morgan fingerprint density at radius 1 is 0.962 bits per heavy atom. The maximum Gasteiger partial charge on any atom is 0.337 e. The van der Waals surface area contributed by atoms with Gasteiger partial charge in [0.15, 0.2) is 0 Å². The molecular weight excluding hydrogens is 342 g/mol. The maximum absolute atomic E-state index is 11.4. The van der Waals surface area contributed by atoms with Gasteiger partial charge in [-0.05, 0) is 12.8 Å². The number of hydrogen-bond acceptors (Lipinski definition) is 6. The summed E-state index contributed by atoms with van der Waals surface area (Å²) in [6, 6.07) is 1.66. The number of carboxylic acids is 1. The second-order valence-electron chi connectivity index (χ2n) is 6.84. The second kappa shape index (κ2) is 9.23. The Hall–Kier alpha value is -2.55. The first-order chi connectivity index (χ1) is 12.1. The topological polar surface area (TPSA) is 126 Å². The summed E-state index contributed by atoms with van der Waals surface area (Å²) in [5.41, 5.74) is -1.82. The van der Waals surface area contributed by atoms with Crippen LogP contribution in [0.15, 0.2) is 12.1 Å². The highest BCUT2D eigenvalue weighted by molar-refractivity contribution is 5.91. The molecule has 9 nitrogen and oxygen atoms in total. The molecule has 0 aliphatic heterocycles. The molecule has 0 radical (unpaired) electrons. The van der Waals surface area contributed by atoms with E-state index in [4.69, 9.17) is 0 Å². The van der Waals surface area contributed by atoms with Crippen LogP contribution in [0.1, 0.15) is 55.8 Å². The monoisotopic (exact) mass is 367 g/mol. The van der Waals surface area contributed by atoms with Crippen LogP contribution in [0.4, 0.5) is 17.1 Å². The molecule has 0 heterocycles. The standard InChI is InChI=1S/C17H25N3O6/c1-4-5-6-7-8-9-10-20(2,3)16-14(18(23)24)11-13(17(21)22)12-15(16)19(25)26/h11-12H,4-10H2,1-3H3. The molecule has 0 fully saturated rings. The van der Waals surface area contributed by atoms with Gasteiger partial charge in [-0.2, -0.15) is 0 Å². The van der Waals surface area contributed by atoms with Crippen LogP contribution >= 0.6 is 0 Å². The van der Waals surface area contributed by atoms with Crippen molar-refractivity contribution in [2.24, 2.45) is 0 Å². The van der Waals surface area contributed by atoms with E-state index in [0.717, 1.165) is 50.7 Å². The fourth-order valence-electron chi connectivity index (χ4n) is 3.02. The van der Waals surface area contributed by atoms with E-state index in [2.05, 4.69) is 6.92 Å². The van der Waals surface area contributed by atoms with Gasteiger partial charge in [0.25, 0.3) is 5.69 Å². The van der Waals surface area contributed by atoms with E-state index >= 15 is 0 Å². The highest BCUT2D eigenvalue weighted by Gasteiger charge is 2.39. The van der Waals surface area contributed by atoms with Crippen LogP contribution < -0.4 is 9.59 Å². The van der Waals surface area contributed by atoms with Gasteiger partial charge >= 0.3 is 11.4 Å². The first-order valence-electron chi connectivity index (χ1n) is 8.63. The molecule has 144 valence electrons. The van der Waals surface area contributed by atoms with Gasteiger partial charge in [0.1, 0.15) is 0 Å². The summed E-state index contributed by atoms with van der Waals surface area (Å²) < 4.78 is -0.0757. The number of nitrogens with zero attached hydrogens (tertiary/aromatic N) is 3. The zero-order valence-electron chi connectivity index (χ0n) is 15.4. The molecule has 0 amide bonds. The van der Waals surface area contributed by atoms with Crippen molar-refractivity contribution in [3.63, 3.8) is 0 Å². The van der Waals surface area contributed by atoms with Crippen LogP contribution in [0.2, 0.25) is 0 Å². The van der Waals surface area contributed by atoms with Crippen molar-refractivity contribution in [3.05, 3.63) is 37.9 Å². The minimum Gasteiger partial charge on any atom is -0.545 e. The third kappa shape index (κ3) is 5.48. The Bertz CT molecular complexity index is 652. The molecule has 0 saturated carbocycles. The molecule has 1 aromatic carbocycles. The molecule has 0 aliphatic rings. The van der Waals surface area contributed by atoms with E-state index in [9.17, 15) is 30.1 Å². The van der Waals surface area contributed by atoms with Crippen LogP contribution in [0.5, 0.6) is 0 Å². The van der Waals surface area contributed by atoms with Gasteiger partial charge in [-0.15, -0.1) is 0 Å². The third-order valence-electron chi connectivity index (χ3n) is 4.37. The predicted octanol–water partition coefficient (Wildman–Crippen LogP) is 2.79. The van der Waals surface area contributed by atoms with Crippen molar-refractivity contribution < 1.29 is 19.7 Å². The molecule has 0 N–H and O–H groups in total. The summed E-state index contributed by atoms with van der Waals surface area (Å²) in [5, 5.41) is 33.9. The summed E-state index contributed by atoms with van der Waals surface area (Å²) in [4.78, 5) is 32.3. The molecule has 1 aromatic rings. The molecule has 0 aliphatic carbocycles. The number of nitro groups is 2. The van der Waals surface area contributed by atoms with Gasteiger partial charge in [-0.3, -0.25) is 24.7 Å². The number of aromatic carboxylic acids is 1. The smallest absolute Gasteiger partial charge is 0.337 e. The third-order valence-corrected chi connectivity index (χ3v) is 4.37. The summed E-state index contributed by atoms with van der Waals surface area (Å²) in [6.45, 7) is 2.59. The number of rotatable bonds is 11. The van der Waals surface area contributed by atoms with Crippen LogP contribution in [0.3, 0.4) is 0 Å². The zero-order chi connectivity index (χ0) is 19.9. The molecule has 0 atom stereocenters. The fourth-order valence-corrected chi connectivity index (χ4v) is 3.02. The Morgan fingerprint density at radius 3 is 1.85 bits per heavy atom. The summed E-state index contributed by atoms with van der Waals surface area (Å²) in [6.07, 6.45) is 6.13. The molecule has 0 spiro atoms. The SMILES string of the molecule is CCCCCCCC[N+](C)(C)c1c([N+](=O)[O-])cc(C(=O)[O-])cc1[N+](=O)[O-]. The minimum absolute atomic E-state index is 0.0757. The highest BCUT2D eigenvalue weighted by Crippen LogP contribution is 2.41. The number of carbonyl (C=O) groups is 1. The number of carbonyl (C=O) groups excluding carboxylic acids is 1. The molecule has 9 heteroatoms. The molecule has 1 rings (SSSR count). The van der Waals surface area contributed by atoms with Crippen LogP contribution in [-0.2, 0) is 0 Å². The molecule has 0 bridgehead atoms. The van der Waals surface area contributed by atoms with E-state index in [1.807, 2.05) is 0 Å². The van der Waals surface area contributed by atoms with E-state index < -0.39 is 32.8 Å². The van der Waals surface area contributed by atoms with Gasteiger partial charge in [0, 0.05) is 17.7 Å². The average molecular weight is 367 g/mol. The van der Waals surface area contributed by atoms with Gasteiger partial charge < -0.3 is 9.90 Å². The van der Waals surface area contributed by atoms with Gasteiger partial charge in [0.2, 0.25) is 0 Å². The molecular formula is C17H25N3O6. The van der Waals surface area contributed by atoms with Crippen molar-refractivity contribution in [2.45, 2.75) is 45.4 Å². The summed E-state index contributed by atoms with van der Waals surface area (Å²) >= 11 is 0. The number of unbranched alkanes of at least 4 members (excludes halogenated alkanes) is 5. The van der Waals surface area contributed by atoms with Crippen molar-refractivity contribution in [1.82, 2.24) is 4.48 Å². The lowest BCUT2D eigenvalue weighted by Crippen LogP contribution is -2.42. The first-order valence-corrected chi connectivity index (χ1v) is 8.63. The Morgan fingerprint density at radius 2 is 1.42 bits per heavy atom. The van der Waals surface area contributed by atoms with Crippen LogP contribution in [0.25, 0.3) is 0 Å². The van der Waals surface area contributed by atoms with Gasteiger partial charge in [0.05, 0.1) is 36.5 Å². The molecule has 26 heavy (non-hydrogen) atoms. The van der Waals surface area contributed by atoms with Crippen molar-refractivity contribution in [1.29, 1.82) is 0 Å². The van der Waals surface area contributed by atoms with E-state index in [-0.39, 0.29) is 10.2 Å². The van der Waals surface area contributed by atoms with Gasteiger partial charge in [-0.1, -0.05) is 32.6 Å². The lowest BCUT2D eigenvalue weighted by Gasteiger charge is -2.28. The van der Waals surface area contributed by atoms with Crippen LogP contribution in [0, 0.1) is 20.2 Å². The van der Waals surface area contributed by atoms with Crippen molar-refractivity contribution in [2.75, 3.05) is 20.6 Å². The average Bonchev–Trinajstić information content (AvgIpc) is 2.56. The number of carboxylic acid groups (broad SMARTS) is 1. The number of hydrogen-bond donors (Lipinski definition) is 0.